The third-order valence-corrected chi connectivity index (χ3v) is 8.85. The number of sulfonamides is 1. The summed E-state index contributed by atoms with van der Waals surface area (Å²) in [5, 5.41) is 3.21. The predicted octanol–water partition coefficient (Wildman–Crippen LogP) is 4.86. The number of aryl methyl sites for hydroxylation is 1. The van der Waals surface area contributed by atoms with Gasteiger partial charge in [0.1, 0.15) is 18.3 Å². The van der Waals surface area contributed by atoms with Crippen LogP contribution < -0.4 is 14.4 Å². The van der Waals surface area contributed by atoms with Crippen LogP contribution in [0.5, 0.6) is 5.75 Å². The van der Waals surface area contributed by atoms with Gasteiger partial charge < -0.3 is 15.0 Å². The van der Waals surface area contributed by atoms with Crippen molar-refractivity contribution in [3.05, 3.63) is 95.6 Å². The number of nitrogens with zero attached hydrogens (tertiary/aromatic N) is 2. The molecule has 224 valence electrons. The lowest BCUT2D eigenvalue weighted by atomic mass is 9.94. The van der Waals surface area contributed by atoms with E-state index in [0.717, 1.165) is 59.4 Å². The average molecular weight is 592 g/mol. The van der Waals surface area contributed by atoms with Gasteiger partial charge in [-0.3, -0.25) is 13.9 Å². The molecule has 2 amide bonds. The van der Waals surface area contributed by atoms with Gasteiger partial charge in [-0.05, 0) is 55.2 Å². The standard InChI is InChI=1S/C33H41N3O5S/c1-25-17-19-29(20-18-25)36(42(3,39)40)24-32(37)35(23-27-13-10-16-30(21-27)41-2)31(22-26-11-6-4-7-12-26)33(38)34-28-14-8-5-9-15-28/h4,6-7,10-13,16-21,28,31H,5,8-9,14-15,22-24H2,1-3H3,(H,34,38)/t31-/m0/s1. The molecule has 1 aliphatic rings. The Kier molecular flexibility index (Phi) is 10.6. The molecular formula is C33H41N3O5S. The Hall–Kier alpha value is -3.85. The minimum Gasteiger partial charge on any atom is -0.497 e. The maximum atomic E-state index is 14.2. The lowest BCUT2D eigenvalue weighted by Gasteiger charge is -2.35. The third-order valence-electron chi connectivity index (χ3n) is 7.71. The molecule has 4 rings (SSSR count). The number of ether oxygens (including phenoxy) is 1. The van der Waals surface area contributed by atoms with Gasteiger partial charge in [0.05, 0.1) is 19.1 Å². The van der Waals surface area contributed by atoms with Crippen LogP contribution in [0.25, 0.3) is 0 Å². The smallest absolute Gasteiger partial charge is 0.244 e. The number of anilines is 1. The van der Waals surface area contributed by atoms with E-state index in [-0.39, 0.29) is 18.5 Å². The molecule has 0 saturated heterocycles. The van der Waals surface area contributed by atoms with Gasteiger partial charge in [0.15, 0.2) is 0 Å². The summed E-state index contributed by atoms with van der Waals surface area (Å²) in [5.74, 6) is -0.0737. The highest BCUT2D eigenvalue weighted by Gasteiger charge is 2.34. The number of benzene rings is 3. The predicted molar refractivity (Wildman–Crippen MR) is 166 cm³/mol. The van der Waals surface area contributed by atoms with Crippen LogP contribution in [0.15, 0.2) is 78.9 Å². The quantitative estimate of drug-likeness (QED) is 0.325. The van der Waals surface area contributed by atoms with E-state index < -0.39 is 28.5 Å². The van der Waals surface area contributed by atoms with Crippen molar-refractivity contribution >= 4 is 27.5 Å². The number of methoxy groups -OCH3 is 1. The zero-order valence-electron chi connectivity index (χ0n) is 24.7. The Labute approximate surface area is 249 Å². The van der Waals surface area contributed by atoms with Crippen LogP contribution in [-0.2, 0) is 32.6 Å². The van der Waals surface area contributed by atoms with Crippen molar-refractivity contribution in [1.29, 1.82) is 0 Å². The van der Waals surface area contributed by atoms with Gasteiger partial charge in [-0.1, -0.05) is 79.4 Å². The maximum absolute atomic E-state index is 14.2. The van der Waals surface area contributed by atoms with Crippen molar-refractivity contribution in [2.75, 3.05) is 24.2 Å². The number of carbonyl (C=O) groups excluding carboxylic acids is 2. The van der Waals surface area contributed by atoms with Gasteiger partial charge in [-0.15, -0.1) is 0 Å². The molecule has 9 heteroatoms. The summed E-state index contributed by atoms with van der Waals surface area (Å²) in [4.78, 5) is 29.8. The number of carbonyl (C=O) groups is 2. The maximum Gasteiger partial charge on any atom is 0.244 e. The Bertz CT molecular complexity index is 1440. The lowest BCUT2D eigenvalue weighted by Crippen LogP contribution is -2.55. The Morgan fingerprint density at radius 1 is 0.929 bits per heavy atom. The second-order valence-corrected chi connectivity index (χ2v) is 12.9. The molecule has 1 saturated carbocycles. The molecule has 3 aromatic rings. The molecule has 0 aliphatic heterocycles. The van der Waals surface area contributed by atoms with Crippen molar-refractivity contribution in [3.8, 4) is 5.75 Å². The van der Waals surface area contributed by atoms with Gasteiger partial charge in [-0.25, -0.2) is 8.42 Å². The molecule has 1 atom stereocenters. The lowest BCUT2D eigenvalue weighted by molar-refractivity contribution is -0.140. The first kappa shape index (κ1) is 31.1. The van der Waals surface area contributed by atoms with Crippen LogP contribution in [0.4, 0.5) is 5.69 Å². The Balaban J connectivity index is 1.72. The van der Waals surface area contributed by atoms with Gasteiger partial charge in [0, 0.05) is 19.0 Å². The molecule has 0 bridgehead atoms. The highest BCUT2D eigenvalue weighted by Crippen LogP contribution is 2.23. The minimum absolute atomic E-state index is 0.0540. The number of rotatable bonds is 12. The van der Waals surface area contributed by atoms with Gasteiger partial charge >= 0.3 is 0 Å². The van der Waals surface area contributed by atoms with E-state index in [1.165, 1.54) is 4.90 Å². The molecule has 42 heavy (non-hydrogen) atoms. The van der Waals surface area contributed by atoms with Crippen LogP contribution in [0.2, 0.25) is 0 Å². The molecule has 8 nitrogen and oxygen atoms in total. The molecule has 0 heterocycles. The second kappa shape index (κ2) is 14.4. The van der Waals surface area contributed by atoms with E-state index in [4.69, 9.17) is 4.74 Å². The topological polar surface area (TPSA) is 96.0 Å². The first-order valence-electron chi connectivity index (χ1n) is 14.4. The molecule has 3 aromatic carbocycles. The third kappa shape index (κ3) is 8.58. The molecule has 0 aromatic heterocycles. The van der Waals surface area contributed by atoms with E-state index in [2.05, 4.69) is 5.32 Å². The van der Waals surface area contributed by atoms with Crippen LogP contribution in [-0.4, -0.2) is 57.1 Å². The monoisotopic (exact) mass is 591 g/mol. The summed E-state index contributed by atoms with van der Waals surface area (Å²) < 4.78 is 32.4. The van der Waals surface area contributed by atoms with Crippen LogP contribution >= 0.6 is 0 Å². The van der Waals surface area contributed by atoms with Crippen LogP contribution in [0.1, 0.15) is 48.8 Å². The molecule has 0 unspecified atom stereocenters. The minimum atomic E-state index is -3.81. The highest BCUT2D eigenvalue weighted by molar-refractivity contribution is 7.92. The summed E-state index contributed by atoms with van der Waals surface area (Å²) in [7, 11) is -2.23. The van der Waals surface area contributed by atoms with Crippen molar-refractivity contribution in [3.63, 3.8) is 0 Å². The van der Waals surface area contributed by atoms with Crippen molar-refractivity contribution in [2.45, 2.75) is 64.1 Å². The van der Waals surface area contributed by atoms with Gasteiger partial charge in [-0.2, -0.15) is 0 Å². The summed E-state index contributed by atoms with van der Waals surface area (Å²) in [6.45, 7) is 1.58. The Morgan fingerprint density at radius 2 is 1.60 bits per heavy atom. The fourth-order valence-corrected chi connectivity index (χ4v) is 6.24. The van der Waals surface area contributed by atoms with Crippen LogP contribution in [0.3, 0.4) is 0 Å². The highest BCUT2D eigenvalue weighted by atomic mass is 32.2. The van der Waals surface area contributed by atoms with Crippen LogP contribution in [0, 0.1) is 6.92 Å². The van der Waals surface area contributed by atoms with E-state index in [0.29, 0.717) is 17.9 Å². The van der Waals surface area contributed by atoms with Crippen molar-refractivity contribution < 1.29 is 22.7 Å². The Morgan fingerprint density at radius 3 is 2.24 bits per heavy atom. The largest absolute Gasteiger partial charge is 0.497 e. The summed E-state index contributed by atoms with van der Waals surface area (Å²) in [5.41, 5.74) is 3.04. The van der Waals surface area contributed by atoms with E-state index >= 15 is 0 Å². The molecule has 1 aliphatic carbocycles. The molecule has 1 N–H and O–H groups in total. The van der Waals surface area contributed by atoms with Crippen molar-refractivity contribution in [1.82, 2.24) is 10.2 Å². The second-order valence-electron chi connectivity index (χ2n) is 11.0. The first-order valence-corrected chi connectivity index (χ1v) is 16.3. The van der Waals surface area contributed by atoms with E-state index in [1.54, 1.807) is 19.2 Å². The fraction of sp³-hybridized carbons (Fsp3) is 0.394. The molecule has 1 fully saturated rings. The summed E-state index contributed by atoms with van der Waals surface area (Å²) >= 11 is 0. The SMILES string of the molecule is COc1cccc(CN(C(=O)CN(c2ccc(C)cc2)S(C)(=O)=O)[C@@H](Cc2ccccc2)C(=O)NC2CCCCC2)c1. The molecular weight excluding hydrogens is 550 g/mol. The van der Waals surface area contributed by atoms with E-state index in [9.17, 15) is 18.0 Å². The van der Waals surface area contributed by atoms with Gasteiger partial charge in [0.25, 0.3) is 0 Å². The molecule has 0 spiro atoms. The first-order chi connectivity index (χ1) is 20.1. The fourth-order valence-electron chi connectivity index (χ4n) is 5.39. The normalized spacial score (nSPS) is 14.5. The zero-order valence-corrected chi connectivity index (χ0v) is 25.5. The van der Waals surface area contributed by atoms with Crippen molar-refractivity contribution in [2.24, 2.45) is 0 Å². The number of hydrogen-bond acceptors (Lipinski definition) is 5. The molecule has 0 radical (unpaired) electrons. The van der Waals surface area contributed by atoms with Gasteiger partial charge in [0.2, 0.25) is 21.8 Å². The number of nitrogens with one attached hydrogen (secondary N) is 1. The number of hydrogen-bond donors (Lipinski definition) is 1. The van der Waals surface area contributed by atoms with E-state index in [1.807, 2.05) is 73.7 Å². The number of amides is 2. The average Bonchev–Trinajstić information content (AvgIpc) is 2.98. The summed E-state index contributed by atoms with van der Waals surface area (Å²) in [6, 6.07) is 23.1. The summed E-state index contributed by atoms with van der Waals surface area (Å²) in [6.07, 6.45) is 6.45. The zero-order chi connectivity index (χ0) is 30.1.